The van der Waals surface area contributed by atoms with E-state index < -0.39 is 0 Å². The zero-order chi connectivity index (χ0) is 13.0. The molecule has 4 heteroatoms. The zero-order valence-electron chi connectivity index (χ0n) is 11.9. The maximum absolute atomic E-state index is 11.5. The van der Waals surface area contributed by atoms with E-state index in [1.807, 2.05) is 13.8 Å². The van der Waals surface area contributed by atoms with Gasteiger partial charge in [0.1, 0.15) is 0 Å². The average Bonchev–Trinajstić information content (AvgIpc) is 2.59. The summed E-state index contributed by atoms with van der Waals surface area (Å²) in [5, 5.41) is 2.98. The lowest BCUT2D eigenvalue weighted by atomic mass is 10.1. The first-order valence-electron chi connectivity index (χ1n) is 6.65. The van der Waals surface area contributed by atoms with Crippen LogP contribution >= 0.6 is 0 Å². The van der Waals surface area contributed by atoms with Gasteiger partial charge in [0, 0.05) is 32.1 Å². The van der Waals surface area contributed by atoms with Gasteiger partial charge in [0.05, 0.1) is 6.17 Å². The van der Waals surface area contributed by atoms with Crippen LogP contribution in [-0.4, -0.2) is 55.1 Å². The Bertz CT molecular complexity index is 253. The van der Waals surface area contributed by atoms with Gasteiger partial charge in [0.2, 0.25) is 5.91 Å². The topological polar surface area (TPSA) is 35.6 Å². The van der Waals surface area contributed by atoms with Crippen molar-refractivity contribution in [3.63, 3.8) is 0 Å². The molecule has 1 amide bonds. The fourth-order valence-electron chi connectivity index (χ4n) is 2.53. The molecular formula is C13H27N3O. The van der Waals surface area contributed by atoms with Crippen LogP contribution in [0.25, 0.3) is 0 Å². The van der Waals surface area contributed by atoms with Crippen LogP contribution in [0.4, 0.5) is 0 Å². The minimum absolute atomic E-state index is 0.0807. The summed E-state index contributed by atoms with van der Waals surface area (Å²) in [7, 11) is 2.18. The molecule has 1 rings (SSSR count). The quantitative estimate of drug-likeness (QED) is 0.779. The molecule has 1 aliphatic rings. The Labute approximate surface area is 105 Å². The number of hydrogen-bond donors (Lipinski definition) is 1. The number of amides is 1. The minimum Gasteiger partial charge on any atom is -0.355 e. The lowest BCUT2D eigenvalue weighted by Gasteiger charge is -2.31. The van der Waals surface area contributed by atoms with E-state index in [9.17, 15) is 4.79 Å². The summed E-state index contributed by atoms with van der Waals surface area (Å²) in [4.78, 5) is 16.3. The van der Waals surface area contributed by atoms with Gasteiger partial charge in [0.25, 0.3) is 0 Å². The van der Waals surface area contributed by atoms with Gasteiger partial charge in [-0.1, -0.05) is 27.7 Å². The Morgan fingerprint density at radius 2 is 1.94 bits per heavy atom. The number of rotatable bonds is 5. The van der Waals surface area contributed by atoms with Crippen LogP contribution in [0.5, 0.6) is 0 Å². The van der Waals surface area contributed by atoms with Crippen molar-refractivity contribution in [2.24, 2.45) is 11.8 Å². The van der Waals surface area contributed by atoms with Crippen molar-refractivity contribution in [2.75, 3.05) is 33.2 Å². The Kier molecular flexibility index (Phi) is 5.40. The standard InChI is InChI=1S/C13H27N3O/c1-10(2)12(17)14-6-7-16-9-8-15(5)13(16)11(3)4/h10-11,13H,6-9H2,1-5H3,(H,14,17). The average molecular weight is 241 g/mol. The van der Waals surface area contributed by atoms with Gasteiger partial charge in [-0.05, 0) is 13.0 Å². The van der Waals surface area contributed by atoms with Crippen molar-refractivity contribution >= 4 is 5.91 Å². The smallest absolute Gasteiger partial charge is 0.222 e. The molecule has 0 bridgehead atoms. The third-order valence-electron chi connectivity index (χ3n) is 3.38. The Morgan fingerprint density at radius 1 is 1.29 bits per heavy atom. The van der Waals surface area contributed by atoms with E-state index in [0.717, 1.165) is 26.2 Å². The molecule has 1 saturated heterocycles. The van der Waals surface area contributed by atoms with Gasteiger partial charge in [0.15, 0.2) is 0 Å². The van der Waals surface area contributed by atoms with E-state index in [0.29, 0.717) is 12.1 Å². The van der Waals surface area contributed by atoms with Crippen LogP contribution in [0.3, 0.4) is 0 Å². The van der Waals surface area contributed by atoms with Gasteiger partial charge >= 0.3 is 0 Å². The third-order valence-corrected chi connectivity index (χ3v) is 3.38. The van der Waals surface area contributed by atoms with Crippen molar-refractivity contribution in [1.82, 2.24) is 15.1 Å². The summed E-state index contributed by atoms with van der Waals surface area (Å²) in [5.41, 5.74) is 0. The van der Waals surface area contributed by atoms with Crippen LogP contribution in [0.2, 0.25) is 0 Å². The molecule has 0 radical (unpaired) electrons. The summed E-state index contributed by atoms with van der Waals surface area (Å²) >= 11 is 0. The van der Waals surface area contributed by atoms with E-state index in [4.69, 9.17) is 0 Å². The summed E-state index contributed by atoms with van der Waals surface area (Å²) in [5.74, 6) is 0.860. The van der Waals surface area contributed by atoms with Gasteiger partial charge < -0.3 is 5.32 Å². The molecule has 100 valence electrons. The Balaban J connectivity index is 2.34. The van der Waals surface area contributed by atoms with Crippen molar-refractivity contribution in [1.29, 1.82) is 0 Å². The predicted molar refractivity (Wildman–Crippen MR) is 70.7 cm³/mol. The summed E-state index contributed by atoms with van der Waals surface area (Å²) in [6.45, 7) is 12.3. The first-order valence-corrected chi connectivity index (χ1v) is 6.65. The maximum atomic E-state index is 11.5. The molecule has 0 saturated carbocycles. The predicted octanol–water partition coefficient (Wildman–Crippen LogP) is 0.988. The first-order chi connectivity index (χ1) is 7.93. The molecule has 0 aliphatic carbocycles. The van der Waals surface area contributed by atoms with Crippen molar-refractivity contribution in [3.05, 3.63) is 0 Å². The van der Waals surface area contributed by atoms with Crippen LogP contribution in [0, 0.1) is 11.8 Å². The van der Waals surface area contributed by atoms with Crippen LogP contribution in [0.1, 0.15) is 27.7 Å². The number of hydrogen-bond acceptors (Lipinski definition) is 3. The second-order valence-corrected chi connectivity index (χ2v) is 5.62. The number of carbonyl (C=O) groups is 1. The molecule has 0 spiro atoms. The highest BCUT2D eigenvalue weighted by molar-refractivity contribution is 5.77. The summed E-state index contributed by atoms with van der Waals surface area (Å²) in [6, 6.07) is 0. The molecule has 1 atom stereocenters. The fourth-order valence-corrected chi connectivity index (χ4v) is 2.53. The van der Waals surface area contributed by atoms with E-state index in [2.05, 4.69) is 36.0 Å². The van der Waals surface area contributed by atoms with Gasteiger partial charge in [-0.2, -0.15) is 0 Å². The Morgan fingerprint density at radius 3 is 2.47 bits per heavy atom. The summed E-state index contributed by atoms with van der Waals surface area (Å²) in [6.07, 6.45) is 0.519. The van der Waals surface area contributed by atoms with Crippen molar-refractivity contribution < 1.29 is 4.79 Å². The SMILES string of the molecule is CC(C)C(=O)NCCN1CCN(C)C1C(C)C. The molecule has 0 aromatic rings. The van der Waals surface area contributed by atoms with Gasteiger partial charge in [-0.25, -0.2) is 0 Å². The normalized spacial score (nSPS) is 22.6. The molecule has 1 aliphatic heterocycles. The third kappa shape index (κ3) is 3.96. The molecule has 1 heterocycles. The lowest BCUT2D eigenvalue weighted by molar-refractivity contribution is -0.124. The molecule has 1 fully saturated rings. The minimum atomic E-state index is 0.0807. The molecular weight excluding hydrogens is 214 g/mol. The maximum Gasteiger partial charge on any atom is 0.222 e. The van der Waals surface area contributed by atoms with Gasteiger partial charge in [-0.3, -0.25) is 14.6 Å². The van der Waals surface area contributed by atoms with Crippen molar-refractivity contribution in [3.8, 4) is 0 Å². The molecule has 0 aromatic carbocycles. The number of nitrogens with one attached hydrogen (secondary N) is 1. The second-order valence-electron chi connectivity index (χ2n) is 5.62. The number of likely N-dealkylation sites (N-methyl/N-ethyl adjacent to an activating group) is 1. The second kappa shape index (κ2) is 6.36. The molecule has 17 heavy (non-hydrogen) atoms. The van der Waals surface area contributed by atoms with E-state index in [-0.39, 0.29) is 11.8 Å². The monoisotopic (exact) mass is 241 g/mol. The Hall–Kier alpha value is -0.610. The highest BCUT2D eigenvalue weighted by atomic mass is 16.1. The molecule has 4 nitrogen and oxygen atoms in total. The van der Waals surface area contributed by atoms with Crippen LogP contribution in [0.15, 0.2) is 0 Å². The number of nitrogens with zero attached hydrogens (tertiary/aromatic N) is 2. The van der Waals surface area contributed by atoms with E-state index in [1.54, 1.807) is 0 Å². The fraction of sp³-hybridized carbons (Fsp3) is 0.923. The molecule has 0 aromatic heterocycles. The summed E-state index contributed by atoms with van der Waals surface area (Å²) < 4.78 is 0. The van der Waals surface area contributed by atoms with Gasteiger partial charge in [-0.15, -0.1) is 0 Å². The highest BCUT2D eigenvalue weighted by Crippen LogP contribution is 2.19. The first kappa shape index (κ1) is 14.5. The molecule has 1 unspecified atom stereocenters. The lowest BCUT2D eigenvalue weighted by Crippen LogP contribution is -2.44. The van der Waals surface area contributed by atoms with Crippen LogP contribution in [-0.2, 0) is 4.79 Å². The number of carbonyl (C=O) groups excluding carboxylic acids is 1. The molecule has 1 N–H and O–H groups in total. The van der Waals surface area contributed by atoms with E-state index >= 15 is 0 Å². The zero-order valence-corrected chi connectivity index (χ0v) is 11.9. The van der Waals surface area contributed by atoms with Crippen LogP contribution < -0.4 is 5.32 Å². The highest BCUT2D eigenvalue weighted by Gasteiger charge is 2.30. The van der Waals surface area contributed by atoms with Crippen molar-refractivity contribution in [2.45, 2.75) is 33.9 Å². The largest absolute Gasteiger partial charge is 0.355 e. The van der Waals surface area contributed by atoms with E-state index in [1.165, 1.54) is 0 Å².